The molecule has 0 atom stereocenters. The van der Waals surface area contributed by atoms with Gasteiger partial charge in [-0.1, -0.05) is 13.8 Å². The third kappa shape index (κ3) is 11.9. The molecule has 0 unspecified atom stereocenters. The molecule has 14 heavy (non-hydrogen) atoms. The van der Waals surface area contributed by atoms with E-state index in [1.165, 1.54) is 6.42 Å². The van der Waals surface area contributed by atoms with Gasteiger partial charge < -0.3 is 15.4 Å². The first-order valence-corrected chi connectivity index (χ1v) is 5.91. The smallest absolute Gasteiger partial charge is 0.0478 e. The van der Waals surface area contributed by atoms with Crippen LogP contribution >= 0.6 is 0 Å². The van der Waals surface area contributed by atoms with E-state index < -0.39 is 0 Å². The van der Waals surface area contributed by atoms with E-state index in [9.17, 15) is 0 Å². The molecule has 0 fully saturated rings. The minimum Gasteiger partial charge on any atom is -0.381 e. The van der Waals surface area contributed by atoms with E-state index in [0.29, 0.717) is 0 Å². The van der Waals surface area contributed by atoms with Crippen LogP contribution in [0, 0.1) is 0 Å². The second-order valence-electron chi connectivity index (χ2n) is 3.42. The Balaban J connectivity index is 2.78. The van der Waals surface area contributed by atoms with Crippen LogP contribution in [0.5, 0.6) is 0 Å². The van der Waals surface area contributed by atoms with Gasteiger partial charge in [-0.3, -0.25) is 0 Å². The number of rotatable bonds is 11. The molecule has 0 saturated heterocycles. The molecule has 0 aliphatic carbocycles. The summed E-state index contributed by atoms with van der Waals surface area (Å²) < 4.78 is 5.38. The van der Waals surface area contributed by atoms with Gasteiger partial charge in [-0.05, 0) is 45.4 Å². The number of hydrogen-bond acceptors (Lipinski definition) is 3. The van der Waals surface area contributed by atoms with Gasteiger partial charge in [0.1, 0.15) is 0 Å². The topological polar surface area (TPSA) is 33.3 Å². The molecule has 3 heteroatoms. The summed E-state index contributed by atoms with van der Waals surface area (Å²) in [4.78, 5) is 0. The molecule has 0 aliphatic heterocycles. The van der Waals surface area contributed by atoms with Crippen LogP contribution in [0.15, 0.2) is 0 Å². The van der Waals surface area contributed by atoms with Crippen LogP contribution in [-0.2, 0) is 4.74 Å². The molecule has 86 valence electrons. The maximum atomic E-state index is 5.38. The van der Waals surface area contributed by atoms with Crippen molar-refractivity contribution in [3.63, 3.8) is 0 Å². The predicted octanol–water partition coefficient (Wildman–Crippen LogP) is 1.39. The summed E-state index contributed by atoms with van der Waals surface area (Å²) >= 11 is 0. The predicted molar refractivity (Wildman–Crippen MR) is 61.8 cm³/mol. The van der Waals surface area contributed by atoms with Gasteiger partial charge in [0, 0.05) is 13.2 Å². The van der Waals surface area contributed by atoms with Crippen molar-refractivity contribution in [2.45, 2.75) is 33.1 Å². The van der Waals surface area contributed by atoms with Gasteiger partial charge in [-0.25, -0.2) is 0 Å². The van der Waals surface area contributed by atoms with Gasteiger partial charge in [0.05, 0.1) is 0 Å². The molecular formula is C11H26N2O. The molecule has 0 aromatic carbocycles. The fourth-order valence-corrected chi connectivity index (χ4v) is 1.19. The van der Waals surface area contributed by atoms with Gasteiger partial charge in [-0.15, -0.1) is 0 Å². The largest absolute Gasteiger partial charge is 0.381 e. The van der Waals surface area contributed by atoms with Crippen molar-refractivity contribution in [2.24, 2.45) is 0 Å². The maximum absolute atomic E-state index is 5.38. The molecule has 0 aromatic rings. The zero-order valence-corrected chi connectivity index (χ0v) is 9.77. The molecule has 0 bridgehead atoms. The highest BCUT2D eigenvalue weighted by Gasteiger charge is 1.89. The normalized spacial score (nSPS) is 10.7. The zero-order chi connectivity index (χ0) is 10.5. The van der Waals surface area contributed by atoms with E-state index in [1.807, 2.05) is 0 Å². The fraction of sp³-hybridized carbons (Fsp3) is 1.00. The van der Waals surface area contributed by atoms with Crippen molar-refractivity contribution >= 4 is 0 Å². The highest BCUT2D eigenvalue weighted by atomic mass is 16.5. The van der Waals surface area contributed by atoms with E-state index in [1.54, 1.807) is 0 Å². The van der Waals surface area contributed by atoms with Crippen LogP contribution < -0.4 is 10.6 Å². The first kappa shape index (κ1) is 13.9. The van der Waals surface area contributed by atoms with E-state index in [4.69, 9.17) is 4.74 Å². The van der Waals surface area contributed by atoms with Gasteiger partial charge in [0.25, 0.3) is 0 Å². The second kappa shape index (κ2) is 12.9. The Morgan fingerprint density at radius 2 is 1.57 bits per heavy atom. The lowest BCUT2D eigenvalue weighted by Gasteiger charge is -2.05. The zero-order valence-electron chi connectivity index (χ0n) is 9.77. The Kier molecular flexibility index (Phi) is 12.8. The minimum atomic E-state index is 0.897. The van der Waals surface area contributed by atoms with Crippen molar-refractivity contribution in [3.05, 3.63) is 0 Å². The summed E-state index contributed by atoms with van der Waals surface area (Å²) in [5, 5.41) is 6.70. The summed E-state index contributed by atoms with van der Waals surface area (Å²) in [7, 11) is 0. The number of nitrogens with one attached hydrogen (secondary N) is 2. The van der Waals surface area contributed by atoms with Crippen molar-refractivity contribution in [1.29, 1.82) is 0 Å². The molecular weight excluding hydrogens is 176 g/mol. The van der Waals surface area contributed by atoms with Crippen LogP contribution in [0.3, 0.4) is 0 Å². The molecule has 0 rings (SSSR count). The minimum absolute atomic E-state index is 0.897. The fourth-order valence-electron chi connectivity index (χ4n) is 1.19. The number of hydrogen-bond donors (Lipinski definition) is 2. The first-order chi connectivity index (χ1) is 6.91. The van der Waals surface area contributed by atoms with E-state index in [-0.39, 0.29) is 0 Å². The Morgan fingerprint density at radius 3 is 2.29 bits per heavy atom. The van der Waals surface area contributed by atoms with Crippen LogP contribution in [0.4, 0.5) is 0 Å². The standard InChI is InChI=1S/C11H26N2O/c1-3-10-14-11-6-9-13-8-5-7-12-4-2/h12-13H,3-11H2,1-2H3. The molecule has 0 amide bonds. The first-order valence-electron chi connectivity index (χ1n) is 5.91. The van der Waals surface area contributed by atoms with Gasteiger partial charge in [0.2, 0.25) is 0 Å². The average Bonchev–Trinajstić information content (AvgIpc) is 2.21. The molecule has 0 aliphatic rings. The Hall–Kier alpha value is -0.120. The van der Waals surface area contributed by atoms with Gasteiger partial charge in [0.15, 0.2) is 0 Å². The molecule has 3 nitrogen and oxygen atoms in total. The van der Waals surface area contributed by atoms with Crippen LogP contribution in [-0.4, -0.2) is 39.4 Å². The lowest BCUT2D eigenvalue weighted by molar-refractivity contribution is 0.132. The quantitative estimate of drug-likeness (QED) is 0.497. The van der Waals surface area contributed by atoms with E-state index >= 15 is 0 Å². The summed E-state index contributed by atoms with van der Waals surface area (Å²) in [5.41, 5.74) is 0. The average molecular weight is 202 g/mol. The molecule has 2 N–H and O–H groups in total. The highest BCUT2D eigenvalue weighted by Crippen LogP contribution is 1.84. The summed E-state index contributed by atoms with van der Waals surface area (Å²) in [6, 6.07) is 0. The van der Waals surface area contributed by atoms with Crippen molar-refractivity contribution in [2.75, 3.05) is 39.4 Å². The van der Waals surface area contributed by atoms with Gasteiger partial charge in [-0.2, -0.15) is 0 Å². The summed E-state index contributed by atoms with van der Waals surface area (Å²) in [5.74, 6) is 0. The van der Waals surface area contributed by atoms with Crippen LogP contribution in [0.2, 0.25) is 0 Å². The molecule has 0 spiro atoms. The highest BCUT2D eigenvalue weighted by molar-refractivity contribution is 4.50. The lowest BCUT2D eigenvalue weighted by atomic mass is 10.4. The number of ether oxygens (including phenoxy) is 1. The van der Waals surface area contributed by atoms with Crippen molar-refractivity contribution < 1.29 is 4.74 Å². The van der Waals surface area contributed by atoms with Crippen LogP contribution in [0.1, 0.15) is 33.1 Å². The van der Waals surface area contributed by atoms with Crippen molar-refractivity contribution in [3.8, 4) is 0 Å². The Bertz CT molecular complexity index is 87.3. The summed E-state index contributed by atoms with van der Waals surface area (Å²) in [6.07, 6.45) is 3.46. The van der Waals surface area contributed by atoms with Crippen LogP contribution in [0.25, 0.3) is 0 Å². The molecule has 0 saturated carbocycles. The van der Waals surface area contributed by atoms with E-state index in [2.05, 4.69) is 24.5 Å². The molecule has 0 aromatic heterocycles. The lowest BCUT2D eigenvalue weighted by Crippen LogP contribution is -2.23. The van der Waals surface area contributed by atoms with Gasteiger partial charge >= 0.3 is 0 Å². The SMILES string of the molecule is CCCOCCCNCCCNCC. The monoisotopic (exact) mass is 202 g/mol. The Labute approximate surface area is 88.6 Å². The second-order valence-corrected chi connectivity index (χ2v) is 3.42. The third-order valence-electron chi connectivity index (χ3n) is 1.95. The van der Waals surface area contributed by atoms with Crippen molar-refractivity contribution in [1.82, 2.24) is 10.6 Å². The molecule has 0 heterocycles. The Morgan fingerprint density at radius 1 is 0.857 bits per heavy atom. The summed E-state index contributed by atoms with van der Waals surface area (Å²) in [6.45, 7) is 10.5. The molecule has 0 radical (unpaired) electrons. The maximum Gasteiger partial charge on any atom is 0.0478 e. The van der Waals surface area contributed by atoms with E-state index in [0.717, 1.165) is 52.2 Å². The third-order valence-corrected chi connectivity index (χ3v) is 1.95.